The summed E-state index contributed by atoms with van der Waals surface area (Å²) in [5, 5.41) is 6.57. The molecule has 0 aliphatic rings. The fourth-order valence-electron chi connectivity index (χ4n) is 2.46. The van der Waals surface area contributed by atoms with Crippen molar-refractivity contribution in [3.63, 3.8) is 0 Å². The van der Waals surface area contributed by atoms with Crippen LogP contribution >= 0.6 is 11.5 Å². The molecule has 0 radical (unpaired) electrons. The first-order chi connectivity index (χ1) is 11.3. The van der Waals surface area contributed by atoms with Crippen molar-refractivity contribution in [1.82, 2.24) is 9.27 Å². The van der Waals surface area contributed by atoms with E-state index in [1.807, 2.05) is 32.0 Å². The summed E-state index contributed by atoms with van der Waals surface area (Å²) in [5.41, 5.74) is 3.97. The van der Waals surface area contributed by atoms with Crippen LogP contribution < -0.4 is 10.6 Å². The fraction of sp³-hybridized carbons (Fsp3) is 0.353. The van der Waals surface area contributed by atoms with Gasteiger partial charge >= 0.3 is 0 Å². The van der Waals surface area contributed by atoms with Gasteiger partial charge in [0.2, 0.25) is 5.91 Å². The number of hydrogen-bond donors (Lipinski definition) is 2. The molecule has 2 amide bonds. The second kappa shape index (κ2) is 7.44. The Labute approximate surface area is 146 Å². The molecule has 0 saturated heterocycles. The van der Waals surface area contributed by atoms with Gasteiger partial charge in [-0.3, -0.25) is 9.59 Å². The van der Waals surface area contributed by atoms with Crippen molar-refractivity contribution in [2.24, 2.45) is 0 Å². The van der Waals surface area contributed by atoms with E-state index in [1.165, 1.54) is 16.4 Å². The van der Waals surface area contributed by atoms with Crippen LogP contribution in [0.3, 0.4) is 0 Å². The van der Waals surface area contributed by atoms with Gasteiger partial charge in [-0.1, -0.05) is 18.2 Å². The quantitative estimate of drug-likeness (QED) is 0.873. The van der Waals surface area contributed by atoms with Crippen LogP contribution in [0.25, 0.3) is 0 Å². The average Bonchev–Trinajstić information content (AvgIpc) is 2.91. The molecule has 2 aromatic rings. The van der Waals surface area contributed by atoms with E-state index in [0.29, 0.717) is 16.3 Å². The van der Waals surface area contributed by atoms with Gasteiger partial charge in [0.25, 0.3) is 5.91 Å². The smallest absolute Gasteiger partial charge is 0.258 e. The zero-order valence-corrected chi connectivity index (χ0v) is 15.4. The lowest BCUT2D eigenvalue weighted by atomic mass is 10.1. The lowest BCUT2D eigenvalue weighted by Crippen LogP contribution is -2.35. The van der Waals surface area contributed by atoms with E-state index in [0.717, 1.165) is 16.8 Å². The van der Waals surface area contributed by atoms with Gasteiger partial charge in [-0.25, -0.2) is 0 Å². The lowest BCUT2D eigenvalue weighted by molar-refractivity contribution is -0.116. The number of aromatic nitrogens is 1. The van der Waals surface area contributed by atoms with E-state index in [9.17, 15) is 9.59 Å². The number of rotatable bonds is 5. The number of nitrogens with zero attached hydrogens (tertiary/aromatic N) is 2. The Balaban J connectivity index is 2.09. The molecule has 2 rings (SSSR count). The highest BCUT2D eigenvalue weighted by molar-refractivity contribution is 7.10. The number of carbonyl (C=O) groups excluding carboxylic acids is 2. The molecule has 6 nitrogen and oxygen atoms in total. The number of anilines is 2. The summed E-state index contributed by atoms with van der Waals surface area (Å²) in [6.07, 6.45) is 0. The van der Waals surface area contributed by atoms with Crippen molar-refractivity contribution >= 4 is 34.0 Å². The van der Waals surface area contributed by atoms with Crippen LogP contribution in [0, 0.1) is 20.8 Å². The minimum atomic E-state index is -0.227. The van der Waals surface area contributed by atoms with Gasteiger partial charge in [0, 0.05) is 19.8 Å². The summed E-state index contributed by atoms with van der Waals surface area (Å²) >= 11 is 1.24. The fourth-order valence-corrected chi connectivity index (χ4v) is 3.20. The Morgan fingerprint density at radius 2 is 1.83 bits per heavy atom. The van der Waals surface area contributed by atoms with Gasteiger partial charge in [-0.05, 0) is 43.4 Å². The first kappa shape index (κ1) is 17.9. The highest BCUT2D eigenvalue weighted by Crippen LogP contribution is 2.25. The zero-order chi connectivity index (χ0) is 17.9. The number of carbonyl (C=O) groups is 2. The number of benzene rings is 1. The molecule has 1 heterocycles. The highest BCUT2D eigenvalue weighted by atomic mass is 32.1. The molecule has 24 heavy (non-hydrogen) atoms. The van der Waals surface area contributed by atoms with E-state index in [4.69, 9.17) is 0 Å². The molecule has 0 fully saturated rings. The predicted molar refractivity (Wildman–Crippen MR) is 97.9 cm³/mol. The monoisotopic (exact) mass is 346 g/mol. The number of likely N-dealkylation sites (N-methyl/N-ethyl adjacent to an activating group) is 1. The van der Waals surface area contributed by atoms with E-state index in [2.05, 4.69) is 15.0 Å². The molecule has 0 spiro atoms. The molecule has 0 aliphatic heterocycles. The molecule has 0 aliphatic carbocycles. The van der Waals surface area contributed by atoms with Crippen LogP contribution in [0.2, 0.25) is 0 Å². The van der Waals surface area contributed by atoms with Crippen molar-refractivity contribution in [2.75, 3.05) is 31.3 Å². The van der Waals surface area contributed by atoms with Gasteiger partial charge in [0.05, 0.1) is 17.8 Å². The molecule has 0 saturated carbocycles. The molecule has 1 aromatic carbocycles. The first-order valence-electron chi connectivity index (χ1n) is 7.60. The maximum absolute atomic E-state index is 12.6. The minimum absolute atomic E-state index is 0.0228. The summed E-state index contributed by atoms with van der Waals surface area (Å²) in [6.45, 7) is 5.65. The summed E-state index contributed by atoms with van der Waals surface area (Å²) in [6, 6.07) is 5.83. The summed E-state index contributed by atoms with van der Waals surface area (Å²) in [4.78, 5) is 26.3. The predicted octanol–water partition coefficient (Wildman–Crippen LogP) is 2.82. The molecule has 0 atom stereocenters. The Morgan fingerprint density at radius 3 is 2.42 bits per heavy atom. The van der Waals surface area contributed by atoms with Crippen molar-refractivity contribution in [1.29, 1.82) is 0 Å². The highest BCUT2D eigenvalue weighted by Gasteiger charge is 2.22. The Kier molecular flexibility index (Phi) is 5.56. The molecular formula is C17H22N4O2S. The van der Waals surface area contributed by atoms with E-state index < -0.39 is 0 Å². The van der Waals surface area contributed by atoms with Crippen LogP contribution in [0.4, 0.5) is 10.7 Å². The van der Waals surface area contributed by atoms with Crippen LogP contribution in [0.15, 0.2) is 18.2 Å². The van der Waals surface area contributed by atoms with Gasteiger partial charge in [0.1, 0.15) is 5.00 Å². The van der Waals surface area contributed by atoms with Crippen LogP contribution in [0.5, 0.6) is 0 Å². The Bertz CT molecular complexity index is 750. The number of amides is 2. The average molecular weight is 346 g/mol. The van der Waals surface area contributed by atoms with Gasteiger partial charge in [-0.2, -0.15) is 4.37 Å². The third-order valence-corrected chi connectivity index (χ3v) is 4.73. The standard InChI is InChI=1S/C17H22N4O2S/c1-10-7-6-8-11(2)15(10)19-13(22)9-21(5)17(23)14-12(3)20-24-16(14)18-4/h6-8,18H,9H2,1-5H3,(H,19,22). The number of hydrogen-bond acceptors (Lipinski definition) is 5. The maximum atomic E-state index is 12.6. The molecule has 7 heteroatoms. The largest absolute Gasteiger partial charge is 0.378 e. The molecule has 128 valence electrons. The van der Waals surface area contributed by atoms with E-state index in [-0.39, 0.29) is 18.4 Å². The molecule has 0 bridgehead atoms. The topological polar surface area (TPSA) is 74.3 Å². The Morgan fingerprint density at radius 1 is 1.21 bits per heavy atom. The molecular weight excluding hydrogens is 324 g/mol. The molecule has 2 N–H and O–H groups in total. The second-order valence-electron chi connectivity index (χ2n) is 5.70. The first-order valence-corrected chi connectivity index (χ1v) is 8.38. The number of nitrogens with one attached hydrogen (secondary N) is 2. The summed E-state index contributed by atoms with van der Waals surface area (Å²) in [5.74, 6) is -0.447. The van der Waals surface area contributed by atoms with E-state index >= 15 is 0 Å². The molecule has 0 unspecified atom stereocenters. The van der Waals surface area contributed by atoms with Crippen LogP contribution in [-0.2, 0) is 4.79 Å². The Hall–Kier alpha value is -2.41. The van der Waals surface area contributed by atoms with Crippen LogP contribution in [0.1, 0.15) is 27.2 Å². The van der Waals surface area contributed by atoms with Gasteiger partial charge in [-0.15, -0.1) is 0 Å². The minimum Gasteiger partial charge on any atom is -0.378 e. The third kappa shape index (κ3) is 3.73. The normalized spacial score (nSPS) is 10.4. The summed E-state index contributed by atoms with van der Waals surface area (Å²) in [7, 11) is 3.36. The van der Waals surface area contributed by atoms with E-state index in [1.54, 1.807) is 21.0 Å². The second-order valence-corrected chi connectivity index (χ2v) is 6.47. The lowest BCUT2D eigenvalue weighted by Gasteiger charge is -2.18. The van der Waals surface area contributed by atoms with Crippen molar-refractivity contribution < 1.29 is 9.59 Å². The molecule has 1 aromatic heterocycles. The number of para-hydroxylation sites is 1. The SMILES string of the molecule is CNc1snc(C)c1C(=O)N(C)CC(=O)Nc1c(C)cccc1C. The third-order valence-electron chi connectivity index (χ3n) is 3.78. The van der Waals surface area contributed by atoms with Gasteiger partial charge in [0.15, 0.2) is 0 Å². The zero-order valence-electron chi connectivity index (χ0n) is 14.6. The van der Waals surface area contributed by atoms with Gasteiger partial charge < -0.3 is 15.5 Å². The van der Waals surface area contributed by atoms with Crippen molar-refractivity contribution in [3.05, 3.63) is 40.6 Å². The number of aryl methyl sites for hydroxylation is 3. The maximum Gasteiger partial charge on any atom is 0.258 e. The summed E-state index contributed by atoms with van der Waals surface area (Å²) < 4.78 is 4.19. The van der Waals surface area contributed by atoms with Crippen molar-refractivity contribution in [3.8, 4) is 0 Å². The van der Waals surface area contributed by atoms with Crippen LogP contribution in [-0.4, -0.2) is 41.7 Å². The van der Waals surface area contributed by atoms with Crippen molar-refractivity contribution in [2.45, 2.75) is 20.8 Å².